The summed E-state index contributed by atoms with van der Waals surface area (Å²) in [5.41, 5.74) is 1.45. The number of phenols is 1. The molecular formula is C36H29BrClFN2O6. The van der Waals surface area contributed by atoms with Crippen LogP contribution in [0.4, 0.5) is 15.8 Å². The van der Waals surface area contributed by atoms with Gasteiger partial charge in [-0.1, -0.05) is 48.0 Å². The molecule has 0 radical (unpaired) electrons. The quantitative estimate of drug-likeness (QED) is 0.224. The number of hydrogen-bond acceptors (Lipinski definition) is 6. The first kappa shape index (κ1) is 31.3. The third-order valence-corrected chi connectivity index (χ3v) is 11.3. The van der Waals surface area contributed by atoms with Gasteiger partial charge in [-0.2, -0.15) is 0 Å². The summed E-state index contributed by atoms with van der Waals surface area (Å²) in [6.45, 7) is 5.50. The van der Waals surface area contributed by atoms with Crippen molar-refractivity contribution in [3.05, 3.63) is 99.3 Å². The second-order valence-electron chi connectivity index (χ2n) is 12.6. The van der Waals surface area contributed by atoms with E-state index in [1.807, 2.05) is 6.08 Å². The molecule has 6 atom stereocenters. The Hall–Kier alpha value is -4.28. The highest BCUT2D eigenvalue weighted by atomic mass is 79.9. The van der Waals surface area contributed by atoms with E-state index in [0.717, 1.165) is 22.1 Å². The molecule has 4 aliphatic rings. The highest BCUT2D eigenvalue weighted by Gasteiger charge is 2.67. The molecule has 4 amide bonds. The summed E-state index contributed by atoms with van der Waals surface area (Å²) in [4.78, 5) is 59.3. The molecule has 0 aromatic heterocycles. The van der Waals surface area contributed by atoms with E-state index >= 15 is 0 Å². The number of aromatic hydroxyl groups is 1. The SMILES string of the molecule is C=Cc1ccc(N2C(=O)[C@H]3[C@H](CC=C4[C@H]3C[C@H]3C(=O)N(c5ccc(F)c(Cl)c5)C(=O)[C@@]3(C)[C@H]4c3cc(Br)c(O)c(OC)c3)C2=O)cc1. The van der Waals surface area contributed by atoms with Crippen LogP contribution >= 0.6 is 27.5 Å². The summed E-state index contributed by atoms with van der Waals surface area (Å²) in [6.07, 6.45) is 4.03. The van der Waals surface area contributed by atoms with E-state index in [4.69, 9.17) is 16.3 Å². The Bertz CT molecular complexity index is 1950. The number of carbonyl (C=O) groups is 4. The number of imide groups is 2. The van der Waals surface area contributed by atoms with Crippen LogP contribution in [0.5, 0.6) is 11.5 Å². The molecule has 8 nitrogen and oxygen atoms in total. The molecule has 1 saturated carbocycles. The van der Waals surface area contributed by atoms with Gasteiger partial charge in [0.05, 0.1) is 51.1 Å². The fourth-order valence-electron chi connectivity index (χ4n) is 8.20. The van der Waals surface area contributed by atoms with Gasteiger partial charge in [0, 0.05) is 5.92 Å². The highest BCUT2D eigenvalue weighted by Crippen LogP contribution is 2.64. The topological polar surface area (TPSA) is 104 Å². The molecule has 7 rings (SSSR count). The van der Waals surface area contributed by atoms with Gasteiger partial charge in [0.15, 0.2) is 11.5 Å². The van der Waals surface area contributed by atoms with Crippen LogP contribution in [-0.2, 0) is 19.2 Å². The largest absolute Gasteiger partial charge is 0.503 e. The van der Waals surface area contributed by atoms with Crippen molar-refractivity contribution < 1.29 is 33.4 Å². The number of anilines is 2. The predicted molar refractivity (Wildman–Crippen MR) is 177 cm³/mol. The van der Waals surface area contributed by atoms with E-state index in [1.165, 1.54) is 24.1 Å². The van der Waals surface area contributed by atoms with Crippen LogP contribution in [0.2, 0.25) is 5.02 Å². The normalized spacial score (nSPS) is 28.2. The average molecular weight is 720 g/mol. The fraction of sp³-hybridized carbons (Fsp3) is 0.278. The molecule has 3 aromatic rings. The number of amides is 4. The lowest BCUT2D eigenvalue weighted by atomic mass is 9.51. The van der Waals surface area contributed by atoms with Crippen LogP contribution in [0.15, 0.2) is 77.3 Å². The predicted octanol–water partition coefficient (Wildman–Crippen LogP) is 7.03. The van der Waals surface area contributed by atoms with Crippen molar-refractivity contribution in [2.45, 2.75) is 25.7 Å². The molecule has 11 heteroatoms. The number of fused-ring (bicyclic) bond motifs is 4. The maximum Gasteiger partial charge on any atom is 0.241 e. The van der Waals surface area contributed by atoms with Gasteiger partial charge in [0.2, 0.25) is 23.6 Å². The van der Waals surface area contributed by atoms with Gasteiger partial charge in [-0.3, -0.25) is 24.1 Å². The smallest absolute Gasteiger partial charge is 0.241 e. The molecule has 2 heterocycles. The number of ether oxygens (including phenoxy) is 1. The van der Waals surface area contributed by atoms with Gasteiger partial charge in [-0.05, 0) is 95.2 Å². The summed E-state index contributed by atoms with van der Waals surface area (Å²) in [5, 5.41) is 10.4. The monoisotopic (exact) mass is 718 g/mol. The van der Waals surface area contributed by atoms with Crippen molar-refractivity contribution in [2.75, 3.05) is 16.9 Å². The van der Waals surface area contributed by atoms with E-state index in [2.05, 4.69) is 22.5 Å². The minimum Gasteiger partial charge on any atom is -0.503 e. The zero-order valence-corrected chi connectivity index (χ0v) is 27.7. The van der Waals surface area contributed by atoms with Crippen molar-refractivity contribution >= 4 is 68.6 Å². The standard InChI is InChI=1S/C36H29BrClFN2O6/c1-4-17-5-7-19(8-6-17)40-32(43)22-11-10-21-23(29(22)34(40)45)16-24-33(44)41(20-9-12-27(39)26(38)15-20)35(46)36(24,2)30(21)18-13-25(37)31(42)28(14-18)47-3/h4-10,12-15,22-24,29-30,42H,1,11,16H2,2-3H3/t22-,23+,24-,29-,30-,36+/m0/s1. The summed E-state index contributed by atoms with van der Waals surface area (Å²) in [6, 6.07) is 14.0. The van der Waals surface area contributed by atoms with Gasteiger partial charge >= 0.3 is 0 Å². The van der Waals surface area contributed by atoms with Crippen molar-refractivity contribution in [1.29, 1.82) is 0 Å². The van der Waals surface area contributed by atoms with Gasteiger partial charge in [-0.25, -0.2) is 9.29 Å². The van der Waals surface area contributed by atoms with Crippen LogP contribution < -0.4 is 14.5 Å². The van der Waals surface area contributed by atoms with Gasteiger partial charge in [-0.15, -0.1) is 0 Å². The first-order valence-electron chi connectivity index (χ1n) is 15.1. The van der Waals surface area contributed by atoms with Crippen molar-refractivity contribution in [2.24, 2.45) is 29.1 Å². The maximum atomic E-state index is 14.6. The number of hydrogen-bond donors (Lipinski definition) is 1. The molecule has 2 aliphatic heterocycles. The van der Waals surface area contributed by atoms with E-state index in [9.17, 15) is 28.7 Å². The summed E-state index contributed by atoms with van der Waals surface area (Å²) in [5.74, 6) is -5.89. The summed E-state index contributed by atoms with van der Waals surface area (Å²) < 4.78 is 19.9. The molecule has 0 spiro atoms. The van der Waals surface area contributed by atoms with E-state index in [1.54, 1.807) is 49.4 Å². The van der Waals surface area contributed by atoms with Crippen LogP contribution in [0.3, 0.4) is 0 Å². The number of nitrogens with zero attached hydrogens (tertiary/aromatic N) is 2. The van der Waals surface area contributed by atoms with Crippen LogP contribution in [0.25, 0.3) is 6.08 Å². The number of benzene rings is 3. The van der Waals surface area contributed by atoms with Crippen LogP contribution in [-0.4, -0.2) is 35.8 Å². The highest BCUT2D eigenvalue weighted by molar-refractivity contribution is 9.10. The van der Waals surface area contributed by atoms with Gasteiger partial charge < -0.3 is 9.84 Å². The Balaban J connectivity index is 1.38. The molecule has 47 heavy (non-hydrogen) atoms. The molecule has 3 fully saturated rings. The number of carbonyl (C=O) groups excluding carboxylic acids is 4. The van der Waals surface area contributed by atoms with E-state index in [-0.39, 0.29) is 46.9 Å². The first-order valence-corrected chi connectivity index (χ1v) is 16.3. The lowest BCUT2D eigenvalue weighted by molar-refractivity contribution is -0.131. The van der Waals surface area contributed by atoms with Crippen LogP contribution in [0, 0.1) is 34.9 Å². The third-order valence-electron chi connectivity index (χ3n) is 10.4. The number of halogens is 3. The molecule has 0 bridgehead atoms. The zero-order valence-electron chi connectivity index (χ0n) is 25.4. The minimum atomic E-state index is -1.35. The number of allylic oxidation sites excluding steroid dienone is 2. The molecule has 1 N–H and O–H groups in total. The Morgan fingerprint density at radius 3 is 2.36 bits per heavy atom. The maximum absolute atomic E-state index is 14.6. The summed E-state index contributed by atoms with van der Waals surface area (Å²) >= 11 is 9.49. The Labute approximate surface area is 283 Å². The fourth-order valence-corrected chi connectivity index (χ4v) is 8.83. The minimum absolute atomic E-state index is 0.130. The zero-order chi connectivity index (χ0) is 33.5. The number of rotatable bonds is 5. The summed E-state index contributed by atoms with van der Waals surface area (Å²) in [7, 11) is 1.41. The lowest BCUT2D eigenvalue weighted by Crippen LogP contribution is -2.48. The molecule has 2 aliphatic carbocycles. The average Bonchev–Trinajstić information content (AvgIpc) is 3.43. The van der Waals surface area contributed by atoms with E-state index in [0.29, 0.717) is 15.7 Å². The molecule has 2 saturated heterocycles. The molecule has 3 aromatic carbocycles. The second-order valence-corrected chi connectivity index (χ2v) is 13.9. The van der Waals surface area contributed by atoms with Crippen molar-refractivity contribution in [3.8, 4) is 11.5 Å². The second kappa shape index (κ2) is 11.2. The third kappa shape index (κ3) is 4.44. The van der Waals surface area contributed by atoms with Gasteiger partial charge in [0.1, 0.15) is 5.82 Å². The van der Waals surface area contributed by atoms with Crippen molar-refractivity contribution in [3.63, 3.8) is 0 Å². The first-order chi connectivity index (χ1) is 22.4. The molecular weight excluding hydrogens is 691 g/mol. The van der Waals surface area contributed by atoms with E-state index < -0.39 is 52.6 Å². The molecule has 0 unspecified atom stereocenters. The van der Waals surface area contributed by atoms with Gasteiger partial charge in [0.25, 0.3) is 0 Å². The number of methoxy groups -OCH3 is 1. The Morgan fingerprint density at radius 1 is 1.00 bits per heavy atom. The number of phenolic OH excluding ortho intramolecular Hbond substituents is 1. The van der Waals surface area contributed by atoms with Crippen molar-refractivity contribution in [1.82, 2.24) is 0 Å². The Kier molecular flexibility index (Phi) is 7.44. The lowest BCUT2D eigenvalue weighted by Gasteiger charge is -2.49. The molecule has 240 valence electrons. The Morgan fingerprint density at radius 2 is 1.70 bits per heavy atom. The van der Waals surface area contributed by atoms with Crippen LogP contribution in [0.1, 0.15) is 36.8 Å².